The second-order valence-corrected chi connectivity index (χ2v) is 4.42. The van der Waals surface area contributed by atoms with Crippen LogP contribution >= 0.6 is 0 Å². The van der Waals surface area contributed by atoms with Crippen LogP contribution in [0.15, 0.2) is 6.33 Å². The molecule has 0 aliphatic rings. The summed E-state index contributed by atoms with van der Waals surface area (Å²) in [5.41, 5.74) is 1.10. The van der Waals surface area contributed by atoms with Crippen molar-refractivity contribution in [3.05, 3.63) is 11.9 Å². The van der Waals surface area contributed by atoms with Crippen LogP contribution in [0.5, 0.6) is 0 Å². The van der Waals surface area contributed by atoms with Crippen molar-refractivity contribution in [2.45, 2.75) is 19.8 Å². The zero-order valence-electron chi connectivity index (χ0n) is 12.2. The molecule has 2 N–H and O–H groups in total. The Kier molecular flexibility index (Phi) is 7.14. The number of aromatic nitrogens is 2. The monoisotopic (exact) mass is 268 g/mol. The smallest absolute Gasteiger partial charge is 0.135 e. The Morgan fingerprint density at radius 3 is 2.53 bits per heavy atom. The fourth-order valence-electron chi connectivity index (χ4n) is 1.77. The standard InChI is InChI=1S/C13H24N4O2/c1-10(2)11-12(14-3)16-9-17-13(11)15-5-6-19-8-7-18-4/h9-10H,5-8H2,1-4H3,(H2,14,15,16,17). The Bertz CT molecular complexity index is 372. The third-order valence-electron chi connectivity index (χ3n) is 2.67. The normalized spacial score (nSPS) is 10.8. The van der Waals surface area contributed by atoms with Gasteiger partial charge in [-0.3, -0.25) is 0 Å². The number of methoxy groups -OCH3 is 1. The van der Waals surface area contributed by atoms with Crippen LogP contribution in [0.4, 0.5) is 11.6 Å². The summed E-state index contributed by atoms with van der Waals surface area (Å²) in [6.45, 7) is 6.82. The van der Waals surface area contributed by atoms with E-state index in [2.05, 4.69) is 34.4 Å². The maximum atomic E-state index is 5.41. The van der Waals surface area contributed by atoms with Crippen molar-refractivity contribution in [3.8, 4) is 0 Å². The Labute approximate surface area is 114 Å². The SMILES string of the molecule is CNc1ncnc(NCCOCCOC)c1C(C)C. The van der Waals surface area contributed by atoms with Gasteiger partial charge in [-0.25, -0.2) is 9.97 Å². The maximum Gasteiger partial charge on any atom is 0.135 e. The lowest BCUT2D eigenvalue weighted by atomic mass is 10.0. The minimum absolute atomic E-state index is 0.348. The van der Waals surface area contributed by atoms with Gasteiger partial charge in [-0.2, -0.15) is 0 Å². The van der Waals surface area contributed by atoms with Gasteiger partial charge in [-0.15, -0.1) is 0 Å². The first-order valence-corrected chi connectivity index (χ1v) is 6.53. The van der Waals surface area contributed by atoms with E-state index in [1.807, 2.05) is 7.05 Å². The van der Waals surface area contributed by atoms with Crippen molar-refractivity contribution in [3.63, 3.8) is 0 Å². The summed E-state index contributed by atoms with van der Waals surface area (Å²) in [4.78, 5) is 8.54. The highest BCUT2D eigenvalue weighted by Crippen LogP contribution is 2.27. The van der Waals surface area contributed by atoms with E-state index >= 15 is 0 Å². The fraction of sp³-hybridized carbons (Fsp3) is 0.692. The predicted octanol–water partition coefficient (Wildman–Crippen LogP) is 1.72. The first-order valence-electron chi connectivity index (χ1n) is 6.53. The molecule has 0 bridgehead atoms. The molecule has 0 spiro atoms. The Morgan fingerprint density at radius 2 is 1.89 bits per heavy atom. The lowest BCUT2D eigenvalue weighted by Gasteiger charge is -2.16. The molecule has 0 amide bonds. The highest BCUT2D eigenvalue weighted by molar-refractivity contribution is 5.58. The number of rotatable bonds is 9. The largest absolute Gasteiger partial charge is 0.382 e. The molecule has 108 valence electrons. The number of hydrogen-bond donors (Lipinski definition) is 2. The molecule has 1 aromatic rings. The summed E-state index contributed by atoms with van der Waals surface area (Å²) >= 11 is 0. The van der Waals surface area contributed by atoms with Gasteiger partial charge in [-0.05, 0) is 5.92 Å². The zero-order chi connectivity index (χ0) is 14.1. The first kappa shape index (κ1) is 15.7. The average Bonchev–Trinajstić information content (AvgIpc) is 2.42. The van der Waals surface area contributed by atoms with Gasteiger partial charge >= 0.3 is 0 Å². The van der Waals surface area contributed by atoms with Crippen LogP contribution in [0.1, 0.15) is 25.3 Å². The molecular formula is C13H24N4O2. The van der Waals surface area contributed by atoms with Crippen molar-refractivity contribution < 1.29 is 9.47 Å². The average molecular weight is 268 g/mol. The van der Waals surface area contributed by atoms with E-state index in [1.54, 1.807) is 13.4 Å². The number of nitrogens with zero attached hydrogens (tertiary/aromatic N) is 2. The third-order valence-corrected chi connectivity index (χ3v) is 2.67. The number of ether oxygens (including phenoxy) is 2. The van der Waals surface area contributed by atoms with E-state index in [9.17, 15) is 0 Å². The molecule has 0 aromatic carbocycles. The van der Waals surface area contributed by atoms with Gasteiger partial charge in [-0.1, -0.05) is 13.8 Å². The minimum atomic E-state index is 0.348. The Balaban J connectivity index is 2.53. The summed E-state index contributed by atoms with van der Waals surface area (Å²) < 4.78 is 10.3. The molecule has 0 aliphatic carbocycles. The quantitative estimate of drug-likeness (QED) is 0.665. The molecule has 1 aromatic heterocycles. The number of hydrogen-bond acceptors (Lipinski definition) is 6. The van der Waals surface area contributed by atoms with Crippen LogP contribution in [-0.2, 0) is 9.47 Å². The van der Waals surface area contributed by atoms with Gasteiger partial charge in [0.15, 0.2) is 0 Å². The zero-order valence-corrected chi connectivity index (χ0v) is 12.2. The summed E-state index contributed by atoms with van der Waals surface area (Å²) in [6, 6.07) is 0. The first-order chi connectivity index (χ1) is 9.20. The van der Waals surface area contributed by atoms with Crippen LogP contribution in [0.3, 0.4) is 0 Å². The van der Waals surface area contributed by atoms with Crippen LogP contribution < -0.4 is 10.6 Å². The van der Waals surface area contributed by atoms with Crippen LogP contribution in [-0.4, -0.2) is 50.5 Å². The maximum absolute atomic E-state index is 5.41. The Hall–Kier alpha value is -1.40. The van der Waals surface area contributed by atoms with Gasteiger partial charge in [0.1, 0.15) is 18.0 Å². The molecule has 0 saturated heterocycles. The molecule has 6 nitrogen and oxygen atoms in total. The fourth-order valence-corrected chi connectivity index (χ4v) is 1.77. The van der Waals surface area contributed by atoms with Crippen LogP contribution in [0.25, 0.3) is 0 Å². The second kappa shape index (κ2) is 8.66. The minimum Gasteiger partial charge on any atom is -0.382 e. The van der Waals surface area contributed by atoms with Crippen LogP contribution in [0.2, 0.25) is 0 Å². The molecule has 0 radical (unpaired) electrons. The van der Waals surface area contributed by atoms with E-state index in [0.29, 0.717) is 32.3 Å². The molecular weight excluding hydrogens is 244 g/mol. The summed E-state index contributed by atoms with van der Waals surface area (Å²) in [5, 5.41) is 6.39. The van der Waals surface area contributed by atoms with Crippen molar-refractivity contribution >= 4 is 11.6 Å². The molecule has 0 fully saturated rings. The molecule has 0 saturated carbocycles. The lowest BCUT2D eigenvalue weighted by molar-refractivity contribution is 0.0759. The summed E-state index contributed by atoms with van der Waals surface area (Å²) in [6.07, 6.45) is 1.56. The van der Waals surface area contributed by atoms with Gasteiger partial charge in [0.05, 0.1) is 19.8 Å². The van der Waals surface area contributed by atoms with Gasteiger partial charge in [0.25, 0.3) is 0 Å². The topological polar surface area (TPSA) is 68.3 Å². The molecule has 0 aliphatic heterocycles. The van der Waals surface area contributed by atoms with Crippen molar-refractivity contribution in [2.75, 3.05) is 51.2 Å². The summed E-state index contributed by atoms with van der Waals surface area (Å²) in [5.74, 6) is 2.08. The number of nitrogens with one attached hydrogen (secondary N) is 2. The van der Waals surface area contributed by atoms with E-state index in [0.717, 1.165) is 17.2 Å². The molecule has 19 heavy (non-hydrogen) atoms. The number of anilines is 2. The second-order valence-electron chi connectivity index (χ2n) is 4.42. The summed E-state index contributed by atoms with van der Waals surface area (Å²) in [7, 11) is 3.53. The van der Waals surface area contributed by atoms with Crippen molar-refractivity contribution in [2.24, 2.45) is 0 Å². The molecule has 0 atom stereocenters. The van der Waals surface area contributed by atoms with Crippen LogP contribution in [0, 0.1) is 0 Å². The van der Waals surface area contributed by atoms with E-state index in [1.165, 1.54) is 0 Å². The third kappa shape index (κ3) is 5.00. The lowest BCUT2D eigenvalue weighted by Crippen LogP contribution is -2.15. The van der Waals surface area contributed by atoms with E-state index < -0.39 is 0 Å². The van der Waals surface area contributed by atoms with Crippen molar-refractivity contribution in [1.29, 1.82) is 0 Å². The van der Waals surface area contributed by atoms with Gasteiger partial charge in [0.2, 0.25) is 0 Å². The van der Waals surface area contributed by atoms with Gasteiger partial charge in [0, 0.05) is 26.3 Å². The predicted molar refractivity (Wildman–Crippen MR) is 76.9 cm³/mol. The van der Waals surface area contributed by atoms with Gasteiger partial charge < -0.3 is 20.1 Å². The molecule has 6 heteroatoms. The van der Waals surface area contributed by atoms with E-state index in [-0.39, 0.29) is 0 Å². The molecule has 1 rings (SSSR count). The molecule has 0 unspecified atom stereocenters. The highest BCUT2D eigenvalue weighted by Gasteiger charge is 2.13. The highest BCUT2D eigenvalue weighted by atomic mass is 16.5. The molecule has 1 heterocycles. The van der Waals surface area contributed by atoms with Crippen molar-refractivity contribution in [1.82, 2.24) is 9.97 Å². The Morgan fingerprint density at radius 1 is 1.16 bits per heavy atom. The van der Waals surface area contributed by atoms with E-state index in [4.69, 9.17) is 9.47 Å².